The molecule has 0 aliphatic heterocycles. The van der Waals surface area contributed by atoms with Crippen LogP contribution in [-0.4, -0.2) is 25.1 Å². The molecule has 1 fully saturated rings. The van der Waals surface area contributed by atoms with Crippen molar-refractivity contribution in [3.63, 3.8) is 0 Å². The number of hydrogen-bond donors (Lipinski definition) is 1. The molecule has 0 spiro atoms. The monoisotopic (exact) mass is 261 g/mol. The zero-order chi connectivity index (χ0) is 13.5. The van der Waals surface area contributed by atoms with Crippen molar-refractivity contribution in [1.82, 2.24) is 10.3 Å². The zero-order valence-electron chi connectivity index (χ0n) is 12.4. The highest BCUT2D eigenvalue weighted by Gasteiger charge is 2.17. The van der Waals surface area contributed by atoms with Gasteiger partial charge in [-0.15, -0.1) is 0 Å². The van der Waals surface area contributed by atoms with E-state index >= 15 is 0 Å². The summed E-state index contributed by atoms with van der Waals surface area (Å²) in [6.45, 7) is 5.31. The first-order valence-electron chi connectivity index (χ1n) is 7.66. The molecule has 2 rings (SSSR count). The molecule has 0 bridgehead atoms. The Labute approximate surface area is 117 Å². The summed E-state index contributed by atoms with van der Waals surface area (Å²) in [6, 6.07) is 4.34. The van der Waals surface area contributed by atoms with Crippen molar-refractivity contribution >= 4 is 5.69 Å². The predicted octanol–water partition coefficient (Wildman–Crippen LogP) is 3.21. The second kappa shape index (κ2) is 7.49. The first-order chi connectivity index (χ1) is 9.29. The Balaban J connectivity index is 1.89. The molecule has 0 saturated heterocycles. The molecule has 0 aromatic carbocycles. The average molecular weight is 261 g/mol. The lowest BCUT2D eigenvalue weighted by molar-refractivity contribution is 0.547. The molecule has 0 amide bonds. The molecule has 1 saturated carbocycles. The van der Waals surface area contributed by atoms with Crippen LogP contribution in [0.4, 0.5) is 5.69 Å². The number of aromatic nitrogens is 1. The maximum Gasteiger partial charge on any atom is 0.0562 e. The molecule has 1 aromatic heterocycles. The Morgan fingerprint density at radius 2 is 2.16 bits per heavy atom. The number of nitrogens with one attached hydrogen (secondary N) is 1. The lowest BCUT2D eigenvalue weighted by Crippen LogP contribution is -2.24. The van der Waals surface area contributed by atoms with Crippen molar-refractivity contribution in [2.24, 2.45) is 5.92 Å². The fourth-order valence-electron chi connectivity index (χ4n) is 2.88. The molecular weight excluding hydrogens is 234 g/mol. The summed E-state index contributed by atoms with van der Waals surface area (Å²) >= 11 is 0. The van der Waals surface area contributed by atoms with Gasteiger partial charge in [0.2, 0.25) is 0 Å². The molecule has 0 atom stereocenters. The van der Waals surface area contributed by atoms with Crippen LogP contribution < -0.4 is 10.2 Å². The van der Waals surface area contributed by atoms with Gasteiger partial charge in [0.1, 0.15) is 0 Å². The summed E-state index contributed by atoms with van der Waals surface area (Å²) < 4.78 is 0. The van der Waals surface area contributed by atoms with Crippen molar-refractivity contribution in [3.8, 4) is 0 Å². The second-order valence-electron chi connectivity index (χ2n) is 5.71. The van der Waals surface area contributed by atoms with Crippen LogP contribution in [-0.2, 0) is 6.54 Å². The van der Waals surface area contributed by atoms with Crippen LogP contribution in [0.5, 0.6) is 0 Å². The third kappa shape index (κ3) is 4.50. The average Bonchev–Trinajstić information content (AvgIpc) is 2.92. The normalized spacial score (nSPS) is 15.9. The molecule has 19 heavy (non-hydrogen) atoms. The van der Waals surface area contributed by atoms with Gasteiger partial charge in [0, 0.05) is 32.0 Å². The summed E-state index contributed by atoms with van der Waals surface area (Å²) in [5.74, 6) is 0.889. The van der Waals surface area contributed by atoms with Crippen molar-refractivity contribution in [2.75, 3.05) is 25.0 Å². The Hall–Kier alpha value is -1.09. The van der Waals surface area contributed by atoms with Crippen LogP contribution in [0.15, 0.2) is 18.3 Å². The highest BCUT2D eigenvalue weighted by atomic mass is 15.1. The summed E-state index contributed by atoms with van der Waals surface area (Å²) in [6.07, 6.45) is 8.74. The predicted molar refractivity (Wildman–Crippen MR) is 81.5 cm³/mol. The standard InChI is InChI=1S/C16H27N3/c1-3-9-17-12-15-11-16(8-10-18-15)19(2)13-14-6-4-5-7-14/h8,10-11,14,17H,3-7,9,12-13H2,1-2H3. The lowest BCUT2D eigenvalue weighted by atomic mass is 10.1. The van der Waals surface area contributed by atoms with Gasteiger partial charge < -0.3 is 10.2 Å². The molecule has 0 unspecified atom stereocenters. The number of nitrogens with zero attached hydrogens (tertiary/aromatic N) is 2. The summed E-state index contributed by atoms with van der Waals surface area (Å²) in [5.41, 5.74) is 2.44. The quantitative estimate of drug-likeness (QED) is 0.764. The van der Waals surface area contributed by atoms with Crippen LogP contribution in [0.2, 0.25) is 0 Å². The molecule has 1 aliphatic carbocycles. The van der Waals surface area contributed by atoms with Gasteiger partial charge in [0.15, 0.2) is 0 Å². The SMILES string of the molecule is CCCNCc1cc(N(C)CC2CCCC2)ccn1. The van der Waals surface area contributed by atoms with Crippen LogP contribution in [0, 0.1) is 5.92 Å². The zero-order valence-corrected chi connectivity index (χ0v) is 12.4. The lowest BCUT2D eigenvalue weighted by Gasteiger charge is -2.23. The van der Waals surface area contributed by atoms with E-state index in [1.807, 2.05) is 6.20 Å². The van der Waals surface area contributed by atoms with Crippen molar-refractivity contribution in [3.05, 3.63) is 24.0 Å². The van der Waals surface area contributed by atoms with Gasteiger partial charge in [-0.2, -0.15) is 0 Å². The molecule has 0 radical (unpaired) electrons. The van der Waals surface area contributed by atoms with E-state index in [1.165, 1.54) is 44.3 Å². The van der Waals surface area contributed by atoms with Crippen LogP contribution in [0.1, 0.15) is 44.7 Å². The molecule has 1 aromatic rings. The van der Waals surface area contributed by atoms with Gasteiger partial charge in [-0.05, 0) is 43.9 Å². The fraction of sp³-hybridized carbons (Fsp3) is 0.688. The van der Waals surface area contributed by atoms with E-state index in [1.54, 1.807) is 0 Å². The van der Waals surface area contributed by atoms with E-state index < -0.39 is 0 Å². The Morgan fingerprint density at radius 3 is 2.89 bits per heavy atom. The van der Waals surface area contributed by atoms with Crippen LogP contribution in [0.3, 0.4) is 0 Å². The van der Waals surface area contributed by atoms with Crippen molar-refractivity contribution in [2.45, 2.75) is 45.6 Å². The molecule has 3 heteroatoms. The smallest absolute Gasteiger partial charge is 0.0562 e. The topological polar surface area (TPSA) is 28.2 Å². The summed E-state index contributed by atoms with van der Waals surface area (Å²) in [4.78, 5) is 6.83. The van der Waals surface area contributed by atoms with Gasteiger partial charge in [0.05, 0.1) is 5.69 Å². The van der Waals surface area contributed by atoms with Crippen molar-refractivity contribution < 1.29 is 0 Å². The van der Waals surface area contributed by atoms with Gasteiger partial charge in [-0.1, -0.05) is 19.8 Å². The van der Waals surface area contributed by atoms with Gasteiger partial charge in [-0.25, -0.2) is 0 Å². The highest BCUT2D eigenvalue weighted by Crippen LogP contribution is 2.26. The van der Waals surface area contributed by atoms with Crippen LogP contribution >= 0.6 is 0 Å². The van der Waals surface area contributed by atoms with E-state index in [4.69, 9.17) is 0 Å². The number of pyridine rings is 1. The minimum absolute atomic E-state index is 0.874. The van der Waals surface area contributed by atoms with E-state index in [2.05, 4.69) is 41.3 Å². The molecule has 1 N–H and O–H groups in total. The van der Waals surface area contributed by atoms with Gasteiger partial charge >= 0.3 is 0 Å². The third-order valence-corrected chi connectivity index (χ3v) is 3.98. The van der Waals surface area contributed by atoms with E-state index in [-0.39, 0.29) is 0 Å². The molecule has 106 valence electrons. The van der Waals surface area contributed by atoms with Gasteiger partial charge in [-0.3, -0.25) is 4.98 Å². The number of hydrogen-bond acceptors (Lipinski definition) is 3. The molecule has 1 heterocycles. The summed E-state index contributed by atoms with van der Waals surface area (Å²) in [5, 5.41) is 3.41. The summed E-state index contributed by atoms with van der Waals surface area (Å²) in [7, 11) is 2.21. The fourth-order valence-corrected chi connectivity index (χ4v) is 2.88. The highest BCUT2D eigenvalue weighted by molar-refractivity contribution is 5.45. The number of anilines is 1. The first kappa shape index (κ1) is 14.3. The van der Waals surface area contributed by atoms with E-state index in [9.17, 15) is 0 Å². The van der Waals surface area contributed by atoms with E-state index in [0.717, 1.165) is 24.7 Å². The van der Waals surface area contributed by atoms with Crippen molar-refractivity contribution in [1.29, 1.82) is 0 Å². The molecule has 1 aliphatic rings. The second-order valence-corrected chi connectivity index (χ2v) is 5.71. The molecular formula is C16H27N3. The number of rotatable bonds is 7. The maximum absolute atomic E-state index is 4.44. The van der Waals surface area contributed by atoms with Gasteiger partial charge in [0.25, 0.3) is 0 Å². The minimum Gasteiger partial charge on any atom is -0.374 e. The first-order valence-corrected chi connectivity index (χ1v) is 7.66. The molecule has 3 nitrogen and oxygen atoms in total. The third-order valence-electron chi connectivity index (χ3n) is 3.98. The Bertz CT molecular complexity index is 372. The Morgan fingerprint density at radius 1 is 1.37 bits per heavy atom. The largest absolute Gasteiger partial charge is 0.374 e. The van der Waals surface area contributed by atoms with E-state index in [0.29, 0.717) is 0 Å². The Kier molecular flexibility index (Phi) is 5.64. The maximum atomic E-state index is 4.44. The van der Waals surface area contributed by atoms with Crippen LogP contribution in [0.25, 0.3) is 0 Å². The minimum atomic E-state index is 0.874.